The van der Waals surface area contributed by atoms with Crippen molar-refractivity contribution in [2.75, 3.05) is 19.8 Å². The van der Waals surface area contributed by atoms with Gasteiger partial charge in [-0.25, -0.2) is 4.98 Å². The van der Waals surface area contributed by atoms with Crippen LogP contribution in [0.15, 0.2) is 43.0 Å². The minimum atomic E-state index is 0. The Balaban J connectivity index is 0.00000156. The largest absolute Gasteiger partial charge is 0.378 e. The van der Waals surface area contributed by atoms with Crippen molar-refractivity contribution in [1.82, 2.24) is 20.2 Å². The van der Waals surface area contributed by atoms with Crippen LogP contribution < -0.4 is 10.6 Å². The Labute approximate surface area is 160 Å². The monoisotopic (exact) mass is 386 g/mol. The highest BCUT2D eigenvalue weighted by Gasteiger charge is 2.16. The third-order valence-corrected chi connectivity index (χ3v) is 3.87. The standard InChI is InChI=1S/C17H22N4O2.2ClH/c22-17(9-16-12-23-8-6-19-16)20-10-14-1-3-15(4-2-14)11-21-7-5-18-13-21;;/h1-5,7,13,16,19H,6,8-12H2,(H,20,22);2*1H. The molecule has 6 nitrogen and oxygen atoms in total. The summed E-state index contributed by atoms with van der Waals surface area (Å²) < 4.78 is 7.38. The molecule has 3 rings (SSSR count). The molecule has 1 atom stereocenters. The van der Waals surface area contributed by atoms with Crippen LogP contribution >= 0.6 is 24.8 Å². The molecule has 25 heavy (non-hydrogen) atoms. The SMILES string of the molecule is Cl.Cl.O=C(CC1COCCN1)NCc1ccc(Cn2ccnc2)cc1. The molecule has 1 saturated heterocycles. The van der Waals surface area contributed by atoms with E-state index in [2.05, 4.69) is 39.9 Å². The van der Waals surface area contributed by atoms with Gasteiger partial charge in [0.2, 0.25) is 5.91 Å². The zero-order valence-electron chi connectivity index (χ0n) is 13.9. The first-order valence-corrected chi connectivity index (χ1v) is 7.91. The molecule has 1 fully saturated rings. The van der Waals surface area contributed by atoms with E-state index in [1.807, 2.05) is 10.8 Å². The number of carbonyl (C=O) groups is 1. The molecule has 2 heterocycles. The molecule has 1 amide bonds. The van der Waals surface area contributed by atoms with Crippen LogP contribution in [0.5, 0.6) is 0 Å². The van der Waals surface area contributed by atoms with Gasteiger partial charge in [-0.3, -0.25) is 4.79 Å². The first-order valence-electron chi connectivity index (χ1n) is 7.91. The van der Waals surface area contributed by atoms with Crippen molar-refractivity contribution >= 4 is 30.7 Å². The number of morpholine rings is 1. The number of nitrogens with zero attached hydrogens (tertiary/aromatic N) is 2. The number of rotatable bonds is 6. The zero-order chi connectivity index (χ0) is 15.9. The molecule has 8 heteroatoms. The highest BCUT2D eigenvalue weighted by Crippen LogP contribution is 2.07. The van der Waals surface area contributed by atoms with E-state index in [1.54, 1.807) is 12.5 Å². The van der Waals surface area contributed by atoms with Gasteiger partial charge in [0.15, 0.2) is 0 Å². The molecule has 1 unspecified atom stereocenters. The molecule has 0 bridgehead atoms. The van der Waals surface area contributed by atoms with Gasteiger partial charge in [-0.15, -0.1) is 24.8 Å². The Morgan fingerprint density at radius 3 is 2.68 bits per heavy atom. The Bertz CT molecular complexity index is 614. The number of hydrogen-bond donors (Lipinski definition) is 2. The van der Waals surface area contributed by atoms with Gasteiger partial charge >= 0.3 is 0 Å². The topological polar surface area (TPSA) is 68.2 Å². The number of ether oxygens (including phenoxy) is 1. The average molecular weight is 387 g/mol. The van der Waals surface area contributed by atoms with Crippen molar-refractivity contribution in [2.45, 2.75) is 25.6 Å². The van der Waals surface area contributed by atoms with Gasteiger partial charge in [0, 0.05) is 44.5 Å². The molecule has 0 radical (unpaired) electrons. The maximum atomic E-state index is 11.9. The van der Waals surface area contributed by atoms with Crippen molar-refractivity contribution in [3.63, 3.8) is 0 Å². The molecule has 0 saturated carbocycles. The summed E-state index contributed by atoms with van der Waals surface area (Å²) in [5, 5.41) is 6.24. The number of amides is 1. The van der Waals surface area contributed by atoms with Crippen LogP contribution in [0.1, 0.15) is 17.5 Å². The number of benzene rings is 1. The lowest BCUT2D eigenvalue weighted by molar-refractivity contribution is -0.122. The minimum Gasteiger partial charge on any atom is -0.378 e. The first kappa shape index (κ1) is 21.4. The summed E-state index contributed by atoms with van der Waals surface area (Å²) in [4.78, 5) is 16.0. The number of carbonyl (C=O) groups excluding carboxylic acids is 1. The van der Waals surface area contributed by atoms with Gasteiger partial charge in [-0.1, -0.05) is 24.3 Å². The van der Waals surface area contributed by atoms with E-state index >= 15 is 0 Å². The molecule has 138 valence electrons. The summed E-state index contributed by atoms with van der Waals surface area (Å²) in [6.07, 6.45) is 5.98. The molecule has 1 aromatic carbocycles. The molecule has 1 aromatic heterocycles. The van der Waals surface area contributed by atoms with Crippen molar-refractivity contribution in [3.05, 3.63) is 54.1 Å². The summed E-state index contributed by atoms with van der Waals surface area (Å²) in [6.45, 7) is 3.51. The third-order valence-electron chi connectivity index (χ3n) is 3.87. The van der Waals surface area contributed by atoms with Gasteiger partial charge in [-0.05, 0) is 11.1 Å². The lowest BCUT2D eigenvalue weighted by Crippen LogP contribution is -2.44. The number of halogens is 2. The third kappa shape index (κ3) is 7.04. The van der Waals surface area contributed by atoms with E-state index in [1.165, 1.54) is 5.56 Å². The smallest absolute Gasteiger partial charge is 0.221 e. The van der Waals surface area contributed by atoms with Gasteiger partial charge < -0.3 is 19.9 Å². The fourth-order valence-electron chi connectivity index (χ4n) is 2.60. The van der Waals surface area contributed by atoms with Gasteiger partial charge in [0.05, 0.1) is 19.5 Å². The fraction of sp³-hybridized carbons (Fsp3) is 0.412. The Hall–Kier alpha value is -1.60. The van der Waals surface area contributed by atoms with Gasteiger partial charge in [0.25, 0.3) is 0 Å². The van der Waals surface area contributed by atoms with E-state index < -0.39 is 0 Å². The number of imidazole rings is 1. The van der Waals surface area contributed by atoms with Gasteiger partial charge in [-0.2, -0.15) is 0 Å². The van der Waals surface area contributed by atoms with Crippen LogP contribution in [0.4, 0.5) is 0 Å². The predicted octanol–water partition coefficient (Wildman–Crippen LogP) is 1.77. The van der Waals surface area contributed by atoms with E-state index in [9.17, 15) is 4.79 Å². The highest BCUT2D eigenvalue weighted by atomic mass is 35.5. The molecule has 0 aliphatic carbocycles. The second-order valence-corrected chi connectivity index (χ2v) is 5.76. The van der Waals surface area contributed by atoms with Crippen LogP contribution in [0.25, 0.3) is 0 Å². The Morgan fingerprint density at radius 1 is 1.28 bits per heavy atom. The summed E-state index contributed by atoms with van der Waals surface area (Å²) in [7, 11) is 0. The summed E-state index contributed by atoms with van der Waals surface area (Å²) in [6, 6.07) is 8.39. The van der Waals surface area contributed by atoms with Crippen molar-refractivity contribution in [1.29, 1.82) is 0 Å². The van der Waals surface area contributed by atoms with Crippen LogP contribution in [-0.4, -0.2) is 41.3 Å². The average Bonchev–Trinajstić information content (AvgIpc) is 3.08. The Morgan fingerprint density at radius 2 is 2.04 bits per heavy atom. The number of aromatic nitrogens is 2. The second-order valence-electron chi connectivity index (χ2n) is 5.76. The van der Waals surface area contributed by atoms with E-state index in [0.717, 1.165) is 25.3 Å². The van der Waals surface area contributed by atoms with Crippen LogP contribution in [0.3, 0.4) is 0 Å². The molecule has 2 N–H and O–H groups in total. The Kier molecular flexibility index (Phi) is 9.52. The summed E-state index contributed by atoms with van der Waals surface area (Å²) in [5.74, 6) is 0.0514. The van der Waals surface area contributed by atoms with Gasteiger partial charge in [0.1, 0.15) is 0 Å². The predicted molar refractivity (Wildman–Crippen MR) is 101 cm³/mol. The summed E-state index contributed by atoms with van der Waals surface area (Å²) in [5.41, 5.74) is 2.31. The minimum absolute atomic E-state index is 0. The first-order chi connectivity index (χ1) is 11.3. The van der Waals surface area contributed by atoms with E-state index in [-0.39, 0.29) is 36.8 Å². The quantitative estimate of drug-likeness (QED) is 0.793. The molecule has 2 aromatic rings. The van der Waals surface area contributed by atoms with Crippen molar-refractivity contribution in [3.8, 4) is 0 Å². The van der Waals surface area contributed by atoms with Crippen LogP contribution in [0, 0.1) is 0 Å². The van der Waals surface area contributed by atoms with E-state index in [4.69, 9.17) is 4.74 Å². The maximum absolute atomic E-state index is 11.9. The highest BCUT2D eigenvalue weighted by molar-refractivity contribution is 5.85. The lowest BCUT2D eigenvalue weighted by atomic mass is 10.1. The van der Waals surface area contributed by atoms with Crippen LogP contribution in [0.2, 0.25) is 0 Å². The molecular weight excluding hydrogens is 363 g/mol. The molecule has 1 aliphatic rings. The molecular formula is C17H24Cl2N4O2. The fourth-order valence-corrected chi connectivity index (χ4v) is 2.60. The lowest BCUT2D eigenvalue weighted by Gasteiger charge is -2.23. The van der Waals surface area contributed by atoms with E-state index in [0.29, 0.717) is 19.6 Å². The summed E-state index contributed by atoms with van der Waals surface area (Å²) >= 11 is 0. The normalized spacial score (nSPS) is 16.4. The maximum Gasteiger partial charge on any atom is 0.221 e. The molecule has 0 spiro atoms. The van der Waals surface area contributed by atoms with Crippen molar-refractivity contribution in [2.24, 2.45) is 0 Å². The zero-order valence-corrected chi connectivity index (χ0v) is 15.5. The van der Waals surface area contributed by atoms with Crippen molar-refractivity contribution < 1.29 is 9.53 Å². The van der Waals surface area contributed by atoms with Crippen LogP contribution in [-0.2, 0) is 22.6 Å². The second kappa shape index (κ2) is 11.1. The number of nitrogens with one attached hydrogen (secondary N) is 2. The molecule has 1 aliphatic heterocycles. The number of hydrogen-bond acceptors (Lipinski definition) is 4.